The third-order valence-electron chi connectivity index (χ3n) is 4.42. The molecule has 0 saturated carbocycles. The van der Waals surface area contributed by atoms with Gasteiger partial charge in [-0.3, -0.25) is 0 Å². The molecule has 2 atom stereocenters. The number of benzene rings is 3. The van der Waals surface area contributed by atoms with Crippen molar-refractivity contribution in [1.29, 1.82) is 0 Å². The Morgan fingerprint density at radius 1 is 0.897 bits per heavy atom. The lowest BCUT2D eigenvalue weighted by Crippen LogP contribution is -2.45. The van der Waals surface area contributed by atoms with Crippen molar-refractivity contribution in [2.45, 2.75) is 30.4 Å². The van der Waals surface area contributed by atoms with Gasteiger partial charge in [-0.05, 0) is 48.9 Å². The zero-order valence-corrected chi connectivity index (χ0v) is 18.1. The summed E-state index contributed by atoms with van der Waals surface area (Å²) in [6, 6.07) is 22.2. The summed E-state index contributed by atoms with van der Waals surface area (Å²) in [5.74, 6) is 0.499. The third-order valence-corrected chi connectivity index (χ3v) is 6.56. The zero-order valence-electron chi connectivity index (χ0n) is 15.8. The molecule has 29 heavy (non-hydrogen) atoms. The summed E-state index contributed by atoms with van der Waals surface area (Å²) < 4.78 is 34.4. The van der Waals surface area contributed by atoms with Crippen molar-refractivity contribution in [2.24, 2.45) is 0 Å². The number of hydrogen-bond acceptors (Lipinski definition) is 3. The average molecular weight is 450 g/mol. The maximum atomic E-state index is 12.8. The lowest BCUT2D eigenvalue weighted by molar-refractivity contribution is 0.170. The summed E-state index contributed by atoms with van der Waals surface area (Å²) in [6.07, 6.45) is -0.0181. The molecule has 0 fully saturated rings. The van der Waals surface area contributed by atoms with Crippen molar-refractivity contribution in [3.05, 3.63) is 94.5 Å². The fourth-order valence-electron chi connectivity index (χ4n) is 2.87. The van der Waals surface area contributed by atoms with E-state index in [4.69, 9.17) is 27.9 Å². The molecule has 0 spiro atoms. The average Bonchev–Trinajstić information content (AvgIpc) is 2.71. The Balaban J connectivity index is 1.84. The van der Waals surface area contributed by atoms with E-state index >= 15 is 0 Å². The van der Waals surface area contributed by atoms with Crippen LogP contribution in [-0.2, 0) is 16.4 Å². The lowest BCUT2D eigenvalue weighted by atomic mass is 10.0. The second-order valence-electron chi connectivity index (χ2n) is 6.64. The van der Waals surface area contributed by atoms with Crippen molar-refractivity contribution < 1.29 is 13.2 Å². The van der Waals surface area contributed by atoms with Crippen molar-refractivity contribution in [3.8, 4) is 5.75 Å². The number of ether oxygens (including phenoxy) is 1. The molecule has 0 saturated heterocycles. The molecule has 3 aromatic rings. The maximum absolute atomic E-state index is 12.8. The highest BCUT2D eigenvalue weighted by Gasteiger charge is 2.26. The van der Waals surface area contributed by atoms with Crippen LogP contribution < -0.4 is 9.46 Å². The lowest BCUT2D eigenvalue weighted by Gasteiger charge is -2.26. The molecule has 0 aromatic heterocycles. The Kier molecular flexibility index (Phi) is 7.19. The van der Waals surface area contributed by atoms with Crippen molar-refractivity contribution in [3.63, 3.8) is 0 Å². The van der Waals surface area contributed by atoms with E-state index in [1.807, 2.05) is 24.3 Å². The molecule has 3 aromatic carbocycles. The molecular weight excluding hydrogens is 429 g/mol. The first-order valence-electron chi connectivity index (χ1n) is 9.08. The molecule has 0 aliphatic heterocycles. The molecule has 3 rings (SSSR count). The zero-order chi connectivity index (χ0) is 20.9. The van der Waals surface area contributed by atoms with Crippen LogP contribution in [0.4, 0.5) is 0 Å². The summed E-state index contributed by atoms with van der Waals surface area (Å²) in [6.45, 7) is 1.78. The van der Waals surface area contributed by atoms with Gasteiger partial charge in [0.05, 0.1) is 16.0 Å². The second kappa shape index (κ2) is 9.63. The third kappa shape index (κ3) is 5.97. The van der Waals surface area contributed by atoms with Crippen molar-refractivity contribution in [2.75, 3.05) is 0 Å². The van der Waals surface area contributed by atoms with E-state index in [0.717, 1.165) is 5.56 Å². The Bertz CT molecular complexity index is 1040. The van der Waals surface area contributed by atoms with Crippen molar-refractivity contribution in [1.82, 2.24) is 4.72 Å². The summed E-state index contributed by atoms with van der Waals surface area (Å²) in [7, 11) is -3.69. The van der Waals surface area contributed by atoms with Gasteiger partial charge in [-0.15, -0.1) is 0 Å². The topological polar surface area (TPSA) is 55.4 Å². The highest BCUT2D eigenvalue weighted by atomic mass is 35.5. The molecule has 0 amide bonds. The number of nitrogens with one attached hydrogen (secondary N) is 1. The summed E-state index contributed by atoms with van der Waals surface area (Å²) in [5, 5.41) is 1.10. The van der Waals surface area contributed by atoms with Crippen LogP contribution in [0.5, 0.6) is 5.75 Å². The van der Waals surface area contributed by atoms with Gasteiger partial charge in [0.25, 0.3) is 0 Å². The van der Waals surface area contributed by atoms with Crippen LogP contribution in [0, 0.1) is 0 Å². The van der Waals surface area contributed by atoms with E-state index in [0.29, 0.717) is 22.2 Å². The van der Waals surface area contributed by atoms with Gasteiger partial charge in [0, 0.05) is 11.4 Å². The van der Waals surface area contributed by atoms with Crippen LogP contribution in [0.3, 0.4) is 0 Å². The van der Waals surface area contributed by atoms with Crippen LogP contribution >= 0.6 is 23.2 Å². The fraction of sp³-hybridized carbons (Fsp3) is 0.182. The number of para-hydroxylation sites is 1. The Hall–Kier alpha value is -2.05. The smallest absolute Gasteiger partial charge is 0.240 e. The van der Waals surface area contributed by atoms with E-state index in [1.54, 1.807) is 61.5 Å². The van der Waals surface area contributed by atoms with Gasteiger partial charge < -0.3 is 4.74 Å². The van der Waals surface area contributed by atoms with Gasteiger partial charge in [0.1, 0.15) is 11.9 Å². The highest BCUT2D eigenvalue weighted by molar-refractivity contribution is 7.89. The second-order valence-corrected chi connectivity index (χ2v) is 9.20. The summed E-state index contributed by atoms with van der Waals surface area (Å²) in [5.41, 5.74) is 0.970. The quantitative estimate of drug-likeness (QED) is 0.503. The minimum atomic E-state index is -3.69. The molecule has 0 aliphatic rings. The van der Waals surface area contributed by atoms with Gasteiger partial charge in [-0.2, -0.15) is 0 Å². The predicted octanol–water partition coefficient (Wildman–Crippen LogP) is 5.35. The fourth-order valence-corrected chi connectivity index (χ4v) is 4.46. The molecule has 0 heterocycles. The van der Waals surface area contributed by atoms with Crippen LogP contribution in [0.15, 0.2) is 83.8 Å². The van der Waals surface area contributed by atoms with E-state index < -0.39 is 22.2 Å². The van der Waals surface area contributed by atoms with Crippen LogP contribution in [0.1, 0.15) is 12.5 Å². The molecule has 1 N–H and O–H groups in total. The Morgan fingerprint density at radius 2 is 1.52 bits per heavy atom. The molecule has 0 radical (unpaired) electrons. The van der Waals surface area contributed by atoms with Gasteiger partial charge in [-0.25, -0.2) is 13.1 Å². The molecule has 4 nitrogen and oxygen atoms in total. The Morgan fingerprint density at radius 3 is 2.17 bits per heavy atom. The normalized spacial score (nSPS) is 13.6. The van der Waals surface area contributed by atoms with Gasteiger partial charge in [-0.1, -0.05) is 65.7 Å². The first-order chi connectivity index (χ1) is 13.8. The van der Waals surface area contributed by atoms with Crippen LogP contribution in [0.2, 0.25) is 10.0 Å². The van der Waals surface area contributed by atoms with Gasteiger partial charge in [0.15, 0.2) is 0 Å². The predicted molar refractivity (Wildman–Crippen MR) is 117 cm³/mol. The van der Waals surface area contributed by atoms with Gasteiger partial charge >= 0.3 is 0 Å². The van der Waals surface area contributed by atoms with Crippen LogP contribution in [-0.4, -0.2) is 20.6 Å². The van der Waals surface area contributed by atoms with E-state index in [2.05, 4.69) is 4.72 Å². The molecule has 152 valence electrons. The highest BCUT2D eigenvalue weighted by Crippen LogP contribution is 2.26. The van der Waals surface area contributed by atoms with Crippen LogP contribution in [0.25, 0.3) is 0 Å². The minimum Gasteiger partial charge on any atom is -0.487 e. The first kappa shape index (κ1) is 21.7. The molecule has 0 aliphatic carbocycles. The first-order valence-corrected chi connectivity index (χ1v) is 11.3. The number of rotatable bonds is 8. The molecular formula is C22H21Cl2NO3S. The maximum Gasteiger partial charge on any atom is 0.240 e. The minimum absolute atomic E-state index is 0.204. The van der Waals surface area contributed by atoms with Crippen molar-refractivity contribution >= 4 is 33.2 Å². The summed E-state index contributed by atoms with van der Waals surface area (Å²) in [4.78, 5) is 0.204. The number of halogens is 2. The SMILES string of the molecule is CC(NS(=O)(=O)c1ccccc1)C(Cc1ccc(Cl)cc1)Oc1ccccc1Cl. The standard InChI is InChI=1S/C22H21Cl2NO3S/c1-16(25-29(26,27)19-7-3-2-4-8-19)22(15-17-11-13-18(23)14-12-17)28-21-10-6-5-9-20(21)24/h2-14,16,22,25H,15H2,1H3. The molecule has 2 unspecified atom stereocenters. The number of sulfonamides is 1. The number of hydrogen-bond donors (Lipinski definition) is 1. The van der Waals surface area contributed by atoms with E-state index in [1.165, 1.54) is 0 Å². The van der Waals surface area contributed by atoms with E-state index in [9.17, 15) is 8.42 Å². The van der Waals surface area contributed by atoms with Gasteiger partial charge in [0.2, 0.25) is 10.0 Å². The van der Waals surface area contributed by atoms with E-state index in [-0.39, 0.29) is 4.90 Å². The molecule has 0 bridgehead atoms. The molecule has 7 heteroatoms. The summed E-state index contributed by atoms with van der Waals surface area (Å²) >= 11 is 12.2. The largest absolute Gasteiger partial charge is 0.487 e. The Labute approximate surface area is 181 Å². The monoisotopic (exact) mass is 449 g/mol.